The van der Waals surface area contributed by atoms with Crippen LogP contribution < -0.4 is 5.48 Å². The molecule has 0 saturated carbocycles. The first-order valence-electron chi connectivity index (χ1n) is 5.92. The summed E-state index contributed by atoms with van der Waals surface area (Å²) in [5.41, 5.74) is 3.21. The van der Waals surface area contributed by atoms with Gasteiger partial charge in [0.15, 0.2) is 0 Å². The minimum atomic E-state index is -0.591. The van der Waals surface area contributed by atoms with Crippen molar-refractivity contribution in [3.8, 4) is 0 Å². The van der Waals surface area contributed by atoms with E-state index in [0.29, 0.717) is 17.7 Å². The Labute approximate surface area is 113 Å². The molecule has 0 spiro atoms. The van der Waals surface area contributed by atoms with Crippen LogP contribution in [0.15, 0.2) is 24.3 Å². The Hall–Kier alpha value is -1.66. The zero-order valence-corrected chi connectivity index (χ0v) is 11.7. The second-order valence-electron chi connectivity index (χ2n) is 4.00. The van der Waals surface area contributed by atoms with Crippen LogP contribution in [0.5, 0.6) is 0 Å². The van der Waals surface area contributed by atoms with Crippen LogP contribution in [0.25, 0.3) is 0 Å². The minimum absolute atomic E-state index is 0.0395. The van der Waals surface area contributed by atoms with Gasteiger partial charge in [-0.3, -0.25) is 4.84 Å². The molecule has 0 aliphatic rings. The van der Waals surface area contributed by atoms with Gasteiger partial charge in [-0.2, -0.15) is 0 Å². The lowest BCUT2D eigenvalue weighted by Gasteiger charge is -2.17. The average Bonchev–Trinajstić information content (AvgIpc) is 2.36. The van der Waals surface area contributed by atoms with Gasteiger partial charge in [-0.25, -0.2) is 15.1 Å². The molecule has 0 fully saturated rings. The molecule has 6 nitrogen and oxygen atoms in total. The van der Waals surface area contributed by atoms with Crippen molar-refractivity contribution in [2.75, 3.05) is 19.8 Å². The van der Waals surface area contributed by atoms with E-state index in [9.17, 15) is 9.59 Å². The molecule has 0 unspecified atom stereocenters. The Bertz CT molecular complexity index is 321. The highest BCUT2D eigenvalue weighted by atomic mass is 16.7. The van der Waals surface area contributed by atoms with Gasteiger partial charge < -0.3 is 9.47 Å². The Balaban J connectivity index is 4.22. The largest absolute Gasteiger partial charge is 0.459 e. The topological polar surface area (TPSA) is 73.9 Å². The molecule has 1 N–H and O–H groups in total. The van der Waals surface area contributed by atoms with Crippen molar-refractivity contribution in [1.82, 2.24) is 5.48 Å². The second-order valence-corrected chi connectivity index (χ2v) is 4.00. The molecule has 0 amide bonds. The van der Waals surface area contributed by atoms with Crippen molar-refractivity contribution in [1.29, 1.82) is 0 Å². The average molecular weight is 271 g/mol. The van der Waals surface area contributed by atoms with Crippen molar-refractivity contribution in [2.45, 2.75) is 26.9 Å². The fourth-order valence-electron chi connectivity index (χ4n) is 0.901. The Kier molecular flexibility index (Phi) is 8.48. The normalized spacial score (nSPS) is 10.1. The van der Waals surface area contributed by atoms with E-state index in [0.717, 1.165) is 0 Å². The molecule has 0 aliphatic carbocycles. The van der Waals surface area contributed by atoms with E-state index in [2.05, 4.69) is 18.6 Å². The first-order valence-corrected chi connectivity index (χ1v) is 5.92. The Morgan fingerprint density at radius 1 is 1.05 bits per heavy atom. The minimum Gasteiger partial charge on any atom is -0.459 e. The van der Waals surface area contributed by atoms with E-state index in [1.165, 1.54) is 0 Å². The fourth-order valence-corrected chi connectivity index (χ4v) is 0.901. The van der Waals surface area contributed by atoms with E-state index in [4.69, 9.17) is 14.3 Å². The molecule has 0 atom stereocenters. The standard InChI is InChI=1S/C13H21NO5/c1-6-14-19-11(7-17-12(15)9(2)3)8-18-13(16)10(4)5/h11,14H,2,4,6-8H2,1,3,5H3. The van der Waals surface area contributed by atoms with Gasteiger partial charge in [0.05, 0.1) is 0 Å². The number of hydroxylamine groups is 1. The molecule has 0 bridgehead atoms. The molecule has 0 saturated heterocycles. The van der Waals surface area contributed by atoms with Gasteiger partial charge >= 0.3 is 11.9 Å². The van der Waals surface area contributed by atoms with Crippen LogP contribution in [0.1, 0.15) is 20.8 Å². The summed E-state index contributed by atoms with van der Waals surface area (Å²) in [6, 6.07) is 0. The number of ether oxygens (including phenoxy) is 2. The lowest BCUT2D eigenvalue weighted by atomic mass is 10.3. The molecule has 6 heteroatoms. The third-order valence-electron chi connectivity index (χ3n) is 1.89. The summed E-state index contributed by atoms with van der Waals surface area (Å²) in [7, 11) is 0. The summed E-state index contributed by atoms with van der Waals surface area (Å²) in [6.45, 7) is 12.4. The summed E-state index contributed by atoms with van der Waals surface area (Å²) in [5.74, 6) is -1.03. The molecule has 19 heavy (non-hydrogen) atoms. The van der Waals surface area contributed by atoms with Crippen LogP contribution in [0, 0.1) is 0 Å². The van der Waals surface area contributed by atoms with Crippen LogP contribution in [-0.2, 0) is 23.9 Å². The quantitative estimate of drug-likeness (QED) is 0.385. The van der Waals surface area contributed by atoms with Gasteiger partial charge in [-0.1, -0.05) is 20.1 Å². The Morgan fingerprint density at radius 2 is 1.47 bits per heavy atom. The van der Waals surface area contributed by atoms with E-state index in [-0.39, 0.29) is 13.2 Å². The summed E-state index contributed by atoms with van der Waals surface area (Å²) >= 11 is 0. The van der Waals surface area contributed by atoms with E-state index < -0.39 is 18.0 Å². The van der Waals surface area contributed by atoms with Crippen LogP contribution in [0.3, 0.4) is 0 Å². The fraction of sp³-hybridized carbons (Fsp3) is 0.538. The van der Waals surface area contributed by atoms with Gasteiger partial charge in [0, 0.05) is 17.7 Å². The summed E-state index contributed by atoms with van der Waals surface area (Å²) in [6.07, 6.45) is -0.591. The number of rotatable bonds is 9. The first-order chi connectivity index (χ1) is 8.88. The SMILES string of the molecule is C=C(C)C(=O)OCC(COC(=O)C(=C)C)ONCC. The molecule has 0 aromatic heterocycles. The van der Waals surface area contributed by atoms with Crippen molar-refractivity contribution < 1.29 is 23.9 Å². The van der Waals surface area contributed by atoms with Crippen LogP contribution in [-0.4, -0.2) is 37.8 Å². The van der Waals surface area contributed by atoms with Crippen LogP contribution >= 0.6 is 0 Å². The highest BCUT2D eigenvalue weighted by molar-refractivity contribution is 5.87. The summed E-state index contributed by atoms with van der Waals surface area (Å²) < 4.78 is 9.88. The number of carbonyl (C=O) groups excluding carboxylic acids is 2. The third-order valence-corrected chi connectivity index (χ3v) is 1.89. The maximum Gasteiger partial charge on any atom is 0.333 e. The molecule has 0 aromatic carbocycles. The maximum absolute atomic E-state index is 11.2. The summed E-state index contributed by atoms with van der Waals surface area (Å²) in [5, 5.41) is 0. The van der Waals surface area contributed by atoms with E-state index in [1.807, 2.05) is 6.92 Å². The number of hydrogen-bond acceptors (Lipinski definition) is 6. The molecule has 0 aliphatic heterocycles. The summed E-state index contributed by atoms with van der Waals surface area (Å²) in [4.78, 5) is 27.7. The van der Waals surface area contributed by atoms with Crippen molar-refractivity contribution >= 4 is 11.9 Å². The molecular formula is C13H21NO5. The van der Waals surface area contributed by atoms with Gasteiger partial charge in [0.2, 0.25) is 0 Å². The third kappa shape index (κ3) is 8.12. The van der Waals surface area contributed by atoms with Crippen molar-refractivity contribution in [2.24, 2.45) is 0 Å². The molecule has 0 radical (unpaired) electrons. The van der Waals surface area contributed by atoms with Crippen molar-refractivity contribution in [3.05, 3.63) is 24.3 Å². The van der Waals surface area contributed by atoms with Gasteiger partial charge in [0.1, 0.15) is 19.3 Å². The molecular weight excluding hydrogens is 250 g/mol. The van der Waals surface area contributed by atoms with Gasteiger partial charge in [-0.05, 0) is 13.8 Å². The smallest absolute Gasteiger partial charge is 0.333 e. The predicted molar refractivity (Wildman–Crippen MR) is 70.1 cm³/mol. The number of esters is 2. The molecule has 0 heterocycles. The van der Waals surface area contributed by atoms with E-state index in [1.54, 1.807) is 13.8 Å². The van der Waals surface area contributed by atoms with Crippen molar-refractivity contribution in [3.63, 3.8) is 0 Å². The zero-order valence-electron chi connectivity index (χ0n) is 11.7. The number of hydrogen-bond donors (Lipinski definition) is 1. The van der Waals surface area contributed by atoms with Gasteiger partial charge in [0.25, 0.3) is 0 Å². The van der Waals surface area contributed by atoms with Crippen LogP contribution in [0.2, 0.25) is 0 Å². The molecule has 0 aromatic rings. The van der Waals surface area contributed by atoms with E-state index >= 15 is 0 Å². The lowest BCUT2D eigenvalue weighted by molar-refractivity contribution is -0.155. The highest BCUT2D eigenvalue weighted by Crippen LogP contribution is 2.00. The Morgan fingerprint density at radius 3 is 1.79 bits per heavy atom. The zero-order chi connectivity index (χ0) is 14.8. The van der Waals surface area contributed by atoms with Gasteiger partial charge in [-0.15, -0.1) is 0 Å². The highest BCUT2D eigenvalue weighted by Gasteiger charge is 2.16. The molecule has 0 rings (SSSR count). The number of carbonyl (C=O) groups is 2. The first kappa shape index (κ1) is 17.3. The monoisotopic (exact) mass is 271 g/mol. The predicted octanol–water partition coefficient (Wildman–Crippen LogP) is 1.13. The second kappa shape index (κ2) is 9.29. The number of nitrogens with one attached hydrogen (secondary N) is 1. The maximum atomic E-state index is 11.2. The van der Waals surface area contributed by atoms with Crippen LogP contribution in [0.4, 0.5) is 0 Å². The molecule has 108 valence electrons. The lowest BCUT2D eigenvalue weighted by Crippen LogP contribution is -2.33.